The molecule has 1 aliphatic carbocycles. The van der Waals surface area contributed by atoms with E-state index < -0.39 is 17.3 Å². The predicted molar refractivity (Wildman–Crippen MR) is 132 cm³/mol. The van der Waals surface area contributed by atoms with Crippen molar-refractivity contribution < 1.29 is 23.4 Å². The molecular weight excluding hydrogens is 473 g/mol. The molecule has 4 rings (SSSR count). The molecule has 0 unspecified atom stereocenters. The summed E-state index contributed by atoms with van der Waals surface area (Å²) in [7, 11) is -0.250. The van der Waals surface area contributed by atoms with Gasteiger partial charge in [0.15, 0.2) is 0 Å². The van der Waals surface area contributed by atoms with Gasteiger partial charge in [0.25, 0.3) is 5.91 Å². The number of hydrogen-bond acceptors (Lipinski definition) is 7. The molecule has 11 heteroatoms. The fourth-order valence-electron chi connectivity index (χ4n) is 4.21. The summed E-state index contributed by atoms with van der Waals surface area (Å²) in [5, 5.41) is 20.0. The Balaban J connectivity index is 0.00000108. The summed E-state index contributed by atoms with van der Waals surface area (Å²) in [6.45, 7) is 4.90. The number of halogens is 2. The van der Waals surface area contributed by atoms with Crippen molar-refractivity contribution in [2.75, 3.05) is 5.32 Å². The fourth-order valence-corrected chi connectivity index (χ4v) is 5.36. The number of carbonyl (C=O) groups excluding carboxylic acids is 2. The van der Waals surface area contributed by atoms with Crippen molar-refractivity contribution >= 4 is 46.8 Å². The SMILES string of the molecule is Cc1cc(F)cc(C(=O)Nc2cc3sc(C4CCC(C=O)CC4)nc3cc2C(C)(C)O)n1.N=BF. The summed E-state index contributed by atoms with van der Waals surface area (Å²) in [6.07, 6.45) is 4.65. The Morgan fingerprint density at radius 1 is 1.23 bits per heavy atom. The number of aliphatic hydroxyl groups is 1. The first-order chi connectivity index (χ1) is 16.5. The molecule has 0 bridgehead atoms. The van der Waals surface area contributed by atoms with Gasteiger partial charge in [0.05, 0.1) is 20.8 Å². The van der Waals surface area contributed by atoms with Crippen molar-refractivity contribution in [3.8, 4) is 0 Å². The Hall–Kier alpha value is -2.92. The summed E-state index contributed by atoms with van der Waals surface area (Å²) in [5.41, 5.74) is 0.878. The average Bonchev–Trinajstić information content (AvgIpc) is 3.21. The number of nitrogens with one attached hydrogen (secondary N) is 2. The second-order valence-electron chi connectivity index (χ2n) is 9.10. The number of pyridine rings is 1. The standard InChI is InChI=1S/C24H26FN3O3S.BFHN/c1-13-8-16(25)9-20(26-13)22(30)27-18-11-21-19(10-17(18)24(2,3)31)28-23(32-21)15-6-4-14(12-29)5-7-15;2-1-3/h8-12,14-15,31H,4-7H2,1-3H3,(H,27,30);3H. The van der Waals surface area contributed by atoms with Crippen molar-refractivity contribution in [1.82, 2.24) is 9.97 Å². The molecule has 3 N–H and O–H groups in total. The van der Waals surface area contributed by atoms with E-state index in [0.29, 0.717) is 22.9 Å². The number of nitrogens with zero attached hydrogens (tertiary/aromatic N) is 2. The Bertz CT molecular complexity index is 1220. The van der Waals surface area contributed by atoms with E-state index in [1.165, 1.54) is 6.07 Å². The number of rotatable bonds is 5. The number of fused-ring (bicyclic) bond motifs is 1. The second-order valence-corrected chi connectivity index (χ2v) is 10.2. The summed E-state index contributed by atoms with van der Waals surface area (Å²) in [6, 6.07) is 5.95. The van der Waals surface area contributed by atoms with Crippen LogP contribution in [0.4, 0.5) is 14.4 Å². The number of aldehydes is 1. The van der Waals surface area contributed by atoms with Gasteiger partial charge in [-0.25, -0.2) is 14.4 Å². The van der Waals surface area contributed by atoms with E-state index in [9.17, 15) is 23.4 Å². The zero-order valence-corrected chi connectivity index (χ0v) is 20.6. The Kier molecular flexibility index (Phi) is 8.55. The van der Waals surface area contributed by atoms with Crippen molar-refractivity contribution in [1.29, 1.82) is 5.31 Å². The normalized spacial score (nSPS) is 17.8. The number of amides is 1. The van der Waals surface area contributed by atoms with Gasteiger partial charge in [-0.1, -0.05) is 0 Å². The molecule has 3 aromatic rings. The quantitative estimate of drug-likeness (QED) is 0.319. The van der Waals surface area contributed by atoms with Crippen LogP contribution in [-0.4, -0.2) is 34.6 Å². The molecule has 0 saturated heterocycles. The third kappa shape index (κ3) is 6.61. The summed E-state index contributed by atoms with van der Waals surface area (Å²) < 4.78 is 24.5. The molecule has 35 heavy (non-hydrogen) atoms. The van der Waals surface area contributed by atoms with Crippen molar-refractivity contribution in [2.24, 2.45) is 5.92 Å². The van der Waals surface area contributed by atoms with Crippen LogP contribution in [0.3, 0.4) is 0 Å². The first-order valence-corrected chi connectivity index (χ1v) is 12.0. The molecule has 1 aliphatic rings. The molecule has 1 fully saturated rings. The summed E-state index contributed by atoms with van der Waals surface area (Å²) in [5.74, 6) is -0.623. The van der Waals surface area contributed by atoms with E-state index in [0.717, 1.165) is 53.3 Å². The maximum absolute atomic E-state index is 13.7. The monoisotopic (exact) mass is 500 g/mol. The number of benzene rings is 1. The van der Waals surface area contributed by atoms with E-state index in [2.05, 4.69) is 10.3 Å². The van der Waals surface area contributed by atoms with E-state index >= 15 is 0 Å². The Morgan fingerprint density at radius 2 is 1.89 bits per heavy atom. The van der Waals surface area contributed by atoms with Crippen molar-refractivity contribution in [3.05, 3.63) is 52.0 Å². The first-order valence-electron chi connectivity index (χ1n) is 11.2. The molecule has 2 aromatic heterocycles. The third-order valence-electron chi connectivity index (χ3n) is 5.92. The molecule has 184 valence electrons. The first kappa shape index (κ1) is 26.7. The van der Waals surface area contributed by atoms with Gasteiger partial charge in [-0.15, -0.1) is 11.3 Å². The maximum atomic E-state index is 13.7. The Labute approximate surface area is 206 Å². The number of carbonyl (C=O) groups is 2. The van der Waals surface area contributed by atoms with Gasteiger partial charge < -0.3 is 15.2 Å². The summed E-state index contributed by atoms with van der Waals surface area (Å²) in [4.78, 5) is 32.7. The zero-order valence-electron chi connectivity index (χ0n) is 19.8. The molecule has 1 saturated carbocycles. The number of hydrogen-bond donors (Lipinski definition) is 3. The Morgan fingerprint density at radius 3 is 2.46 bits per heavy atom. The van der Waals surface area contributed by atoms with Gasteiger partial charge in [-0.05, 0) is 64.7 Å². The van der Waals surface area contributed by atoms with Crippen LogP contribution in [0.1, 0.15) is 72.2 Å². The minimum absolute atomic E-state index is 0.0266. The van der Waals surface area contributed by atoms with Gasteiger partial charge in [0, 0.05) is 34.8 Å². The minimum atomic E-state index is -1.23. The van der Waals surface area contributed by atoms with Crippen LogP contribution in [0.25, 0.3) is 10.2 Å². The van der Waals surface area contributed by atoms with Crippen LogP contribution in [0.15, 0.2) is 24.3 Å². The molecule has 7 nitrogen and oxygen atoms in total. The molecule has 1 amide bonds. The van der Waals surface area contributed by atoms with E-state index in [1.54, 1.807) is 38.2 Å². The van der Waals surface area contributed by atoms with Gasteiger partial charge in [-0.2, -0.15) is 0 Å². The average molecular weight is 500 g/mol. The van der Waals surface area contributed by atoms with E-state index in [1.807, 2.05) is 6.07 Å². The van der Waals surface area contributed by atoms with Crippen molar-refractivity contribution in [3.63, 3.8) is 0 Å². The number of thiazole rings is 1. The van der Waals surface area contributed by atoms with Crippen LogP contribution in [0, 0.1) is 24.0 Å². The number of anilines is 1. The van der Waals surface area contributed by atoms with Gasteiger partial charge in [0.2, 0.25) is 0 Å². The van der Waals surface area contributed by atoms with Crippen molar-refractivity contribution in [2.45, 2.75) is 58.0 Å². The second kappa shape index (κ2) is 11.2. The van der Waals surface area contributed by atoms with E-state index in [4.69, 9.17) is 10.3 Å². The number of aromatic nitrogens is 2. The molecule has 2 heterocycles. The molecule has 1 aromatic carbocycles. The van der Waals surface area contributed by atoms with Crippen LogP contribution >= 0.6 is 11.3 Å². The molecule has 0 aliphatic heterocycles. The van der Waals surface area contributed by atoms with E-state index in [-0.39, 0.29) is 19.0 Å². The predicted octanol–water partition coefficient (Wildman–Crippen LogP) is 5.43. The topological polar surface area (TPSA) is 116 Å². The van der Waals surface area contributed by atoms with Crippen LogP contribution < -0.4 is 5.32 Å². The third-order valence-corrected chi connectivity index (χ3v) is 7.10. The molecule has 0 atom stereocenters. The zero-order chi connectivity index (χ0) is 25.8. The fraction of sp³-hybridized carbons (Fsp3) is 0.417. The van der Waals surface area contributed by atoms with Gasteiger partial charge in [-0.3, -0.25) is 4.79 Å². The molecular formula is C24H27BF2N4O3S. The molecule has 0 radical (unpaired) electrons. The van der Waals surface area contributed by atoms with Crippen LogP contribution in [0.2, 0.25) is 0 Å². The van der Waals surface area contributed by atoms with Gasteiger partial charge >= 0.3 is 17.0 Å². The number of aryl methyl sites for hydroxylation is 1. The molecule has 0 spiro atoms. The summed E-state index contributed by atoms with van der Waals surface area (Å²) >= 11 is 1.57. The van der Waals surface area contributed by atoms with Crippen LogP contribution in [0.5, 0.6) is 0 Å². The van der Waals surface area contributed by atoms with Crippen LogP contribution in [-0.2, 0) is 10.4 Å². The van der Waals surface area contributed by atoms with Gasteiger partial charge in [0.1, 0.15) is 17.8 Å².